The SMILES string of the molecule is O=C1CC(c2ccc(OCc3ccc(Br)cc3)cc2)n2ncnc2N1. The van der Waals surface area contributed by atoms with Crippen LogP contribution in [-0.4, -0.2) is 20.7 Å². The highest BCUT2D eigenvalue weighted by Gasteiger charge is 2.27. The largest absolute Gasteiger partial charge is 0.489 e. The Kier molecular flexibility index (Phi) is 4.23. The molecule has 0 bridgehead atoms. The normalized spacial score (nSPS) is 16.2. The molecule has 0 aliphatic carbocycles. The van der Waals surface area contributed by atoms with Gasteiger partial charge in [0.15, 0.2) is 0 Å². The van der Waals surface area contributed by atoms with E-state index in [0.29, 0.717) is 19.0 Å². The van der Waals surface area contributed by atoms with E-state index in [1.165, 1.54) is 6.33 Å². The third kappa shape index (κ3) is 3.41. The molecule has 1 aliphatic rings. The van der Waals surface area contributed by atoms with Gasteiger partial charge in [-0.1, -0.05) is 40.2 Å². The van der Waals surface area contributed by atoms with Gasteiger partial charge in [0.1, 0.15) is 18.7 Å². The summed E-state index contributed by atoms with van der Waals surface area (Å²) >= 11 is 3.42. The number of amides is 1. The third-order valence-corrected chi connectivity index (χ3v) is 4.61. The average Bonchev–Trinajstić information content (AvgIpc) is 3.09. The number of fused-ring (bicyclic) bond motifs is 1. The monoisotopic (exact) mass is 398 g/mol. The molecule has 1 aromatic heterocycles. The molecule has 25 heavy (non-hydrogen) atoms. The molecule has 126 valence electrons. The van der Waals surface area contributed by atoms with Crippen LogP contribution in [-0.2, 0) is 11.4 Å². The fourth-order valence-corrected chi connectivity index (χ4v) is 3.06. The molecular formula is C18H15BrN4O2. The number of nitrogens with one attached hydrogen (secondary N) is 1. The fourth-order valence-electron chi connectivity index (χ4n) is 2.80. The first-order valence-electron chi connectivity index (χ1n) is 7.85. The number of carbonyl (C=O) groups is 1. The van der Waals surface area contributed by atoms with E-state index in [1.54, 1.807) is 4.68 Å². The van der Waals surface area contributed by atoms with Gasteiger partial charge in [-0.25, -0.2) is 4.68 Å². The summed E-state index contributed by atoms with van der Waals surface area (Å²) in [6, 6.07) is 15.6. The summed E-state index contributed by atoms with van der Waals surface area (Å²) in [6.45, 7) is 0.506. The molecule has 4 rings (SSSR count). The van der Waals surface area contributed by atoms with Crippen molar-refractivity contribution >= 4 is 27.8 Å². The first kappa shape index (κ1) is 15.8. The molecule has 1 aliphatic heterocycles. The Hall–Kier alpha value is -2.67. The van der Waals surface area contributed by atoms with E-state index >= 15 is 0 Å². The summed E-state index contributed by atoms with van der Waals surface area (Å²) in [7, 11) is 0. The Morgan fingerprint density at radius 1 is 1.16 bits per heavy atom. The van der Waals surface area contributed by atoms with Gasteiger partial charge >= 0.3 is 0 Å². The van der Waals surface area contributed by atoms with Crippen LogP contribution in [0.25, 0.3) is 0 Å². The fraction of sp³-hybridized carbons (Fsp3) is 0.167. The maximum Gasteiger partial charge on any atom is 0.229 e. The van der Waals surface area contributed by atoms with Crippen LogP contribution >= 0.6 is 15.9 Å². The zero-order chi connectivity index (χ0) is 17.2. The minimum absolute atomic E-state index is 0.0546. The highest BCUT2D eigenvalue weighted by Crippen LogP contribution is 2.29. The number of carbonyl (C=O) groups excluding carboxylic acids is 1. The number of nitrogens with zero attached hydrogens (tertiary/aromatic N) is 3. The molecule has 6 nitrogen and oxygen atoms in total. The quantitative estimate of drug-likeness (QED) is 0.729. The molecule has 3 aromatic rings. The van der Waals surface area contributed by atoms with Gasteiger partial charge in [-0.15, -0.1) is 0 Å². The van der Waals surface area contributed by atoms with Gasteiger partial charge in [0.05, 0.1) is 12.5 Å². The van der Waals surface area contributed by atoms with E-state index in [4.69, 9.17) is 4.74 Å². The van der Waals surface area contributed by atoms with Crippen molar-refractivity contribution in [3.05, 3.63) is 70.5 Å². The van der Waals surface area contributed by atoms with Crippen LogP contribution in [0.5, 0.6) is 5.75 Å². The van der Waals surface area contributed by atoms with Crippen LogP contribution in [0, 0.1) is 0 Å². The summed E-state index contributed by atoms with van der Waals surface area (Å²) < 4.78 is 8.60. The van der Waals surface area contributed by atoms with Crippen molar-refractivity contribution in [2.24, 2.45) is 0 Å². The summed E-state index contributed by atoms with van der Waals surface area (Å²) in [5.41, 5.74) is 2.10. The second-order valence-electron chi connectivity index (χ2n) is 5.78. The second-order valence-corrected chi connectivity index (χ2v) is 6.70. The van der Waals surface area contributed by atoms with Crippen molar-refractivity contribution in [3.63, 3.8) is 0 Å². The van der Waals surface area contributed by atoms with Crippen LogP contribution < -0.4 is 10.1 Å². The van der Waals surface area contributed by atoms with Gasteiger partial charge in [-0.3, -0.25) is 10.1 Å². The second kappa shape index (κ2) is 6.68. The maximum absolute atomic E-state index is 11.8. The molecule has 0 radical (unpaired) electrons. The lowest BCUT2D eigenvalue weighted by molar-refractivity contribution is -0.117. The predicted molar refractivity (Wildman–Crippen MR) is 96.3 cm³/mol. The average molecular weight is 399 g/mol. The topological polar surface area (TPSA) is 69.0 Å². The van der Waals surface area contributed by atoms with Gasteiger partial charge < -0.3 is 4.74 Å². The summed E-state index contributed by atoms with van der Waals surface area (Å²) in [5, 5.41) is 6.93. The summed E-state index contributed by atoms with van der Waals surface area (Å²) in [6.07, 6.45) is 1.79. The Labute approximate surface area is 153 Å². The van der Waals surface area contributed by atoms with Crippen LogP contribution in [0.1, 0.15) is 23.6 Å². The third-order valence-electron chi connectivity index (χ3n) is 4.08. The summed E-state index contributed by atoms with van der Waals surface area (Å²) in [4.78, 5) is 15.9. The first-order chi connectivity index (χ1) is 12.2. The number of rotatable bonds is 4. The lowest BCUT2D eigenvalue weighted by Crippen LogP contribution is -2.29. The lowest BCUT2D eigenvalue weighted by Gasteiger charge is -2.23. The van der Waals surface area contributed by atoms with Crippen molar-refractivity contribution in [2.45, 2.75) is 19.1 Å². The zero-order valence-corrected chi connectivity index (χ0v) is 14.8. The molecule has 0 spiro atoms. The van der Waals surface area contributed by atoms with Crippen molar-refractivity contribution in [1.82, 2.24) is 14.8 Å². The van der Waals surface area contributed by atoms with Gasteiger partial charge in [0.2, 0.25) is 11.9 Å². The van der Waals surface area contributed by atoms with Crippen LogP contribution in [0.2, 0.25) is 0 Å². The van der Waals surface area contributed by atoms with Crippen LogP contribution in [0.15, 0.2) is 59.3 Å². The summed E-state index contributed by atoms with van der Waals surface area (Å²) in [5.74, 6) is 1.21. The molecule has 1 unspecified atom stereocenters. The molecule has 0 saturated carbocycles. The van der Waals surface area contributed by atoms with Crippen molar-refractivity contribution in [3.8, 4) is 5.75 Å². The van der Waals surface area contributed by atoms with E-state index in [2.05, 4.69) is 31.3 Å². The molecule has 0 fully saturated rings. The van der Waals surface area contributed by atoms with Gasteiger partial charge in [-0.2, -0.15) is 10.1 Å². The van der Waals surface area contributed by atoms with E-state index in [1.807, 2.05) is 48.5 Å². The van der Waals surface area contributed by atoms with Crippen molar-refractivity contribution in [2.75, 3.05) is 5.32 Å². The molecule has 1 atom stereocenters. The Morgan fingerprint density at radius 3 is 2.68 bits per heavy atom. The lowest BCUT2D eigenvalue weighted by atomic mass is 10.0. The van der Waals surface area contributed by atoms with Crippen molar-refractivity contribution in [1.29, 1.82) is 0 Å². The highest BCUT2D eigenvalue weighted by atomic mass is 79.9. The number of halogens is 1. The standard InChI is InChI=1S/C18H15BrN4O2/c19-14-5-1-12(2-6-14)10-25-15-7-3-13(4-8-15)16-9-17(24)22-18-20-11-21-23(16)18/h1-8,11,16H,9-10H2,(H,20,21,22,24). The number of benzene rings is 2. The van der Waals surface area contributed by atoms with E-state index in [-0.39, 0.29) is 11.9 Å². The number of anilines is 1. The van der Waals surface area contributed by atoms with E-state index in [9.17, 15) is 4.79 Å². The van der Waals surface area contributed by atoms with Crippen molar-refractivity contribution < 1.29 is 9.53 Å². The van der Waals surface area contributed by atoms with E-state index < -0.39 is 0 Å². The van der Waals surface area contributed by atoms with Gasteiger partial charge in [0, 0.05) is 4.47 Å². The van der Waals surface area contributed by atoms with Crippen LogP contribution in [0.3, 0.4) is 0 Å². The predicted octanol–water partition coefficient (Wildman–Crippen LogP) is 3.55. The van der Waals surface area contributed by atoms with Gasteiger partial charge in [-0.05, 0) is 35.4 Å². The molecule has 2 aromatic carbocycles. The molecule has 2 heterocycles. The number of ether oxygens (including phenoxy) is 1. The molecule has 7 heteroatoms. The first-order valence-corrected chi connectivity index (χ1v) is 8.65. The maximum atomic E-state index is 11.8. The molecular weight excluding hydrogens is 384 g/mol. The molecule has 1 N–H and O–H groups in total. The minimum Gasteiger partial charge on any atom is -0.489 e. The Bertz CT molecular complexity index is 890. The molecule has 1 amide bonds. The Morgan fingerprint density at radius 2 is 1.92 bits per heavy atom. The zero-order valence-electron chi connectivity index (χ0n) is 13.2. The van der Waals surface area contributed by atoms with Crippen LogP contribution in [0.4, 0.5) is 5.95 Å². The number of hydrogen-bond donors (Lipinski definition) is 1. The minimum atomic E-state index is -0.147. The number of hydrogen-bond acceptors (Lipinski definition) is 4. The number of aromatic nitrogens is 3. The smallest absolute Gasteiger partial charge is 0.229 e. The molecule has 0 saturated heterocycles. The van der Waals surface area contributed by atoms with Gasteiger partial charge in [0.25, 0.3) is 0 Å². The highest BCUT2D eigenvalue weighted by molar-refractivity contribution is 9.10. The Balaban J connectivity index is 1.47. The van der Waals surface area contributed by atoms with E-state index in [0.717, 1.165) is 21.3 Å².